The van der Waals surface area contributed by atoms with Crippen molar-refractivity contribution in [1.82, 2.24) is 0 Å². The van der Waals surface area contributed by atoms with E-state index >= 15 is 0 Å². The van der Waals surface area contributed by atoms with E-state index in [1.807, 2.05) is 30.3 Å². The van der Waals surface area contributed by atoms with Crippen molar-refractivity contribution in [3.8, 4) is 6.07 Å². The Labute approximate surface area is 124 Å². The molecule has 0 saturated heterocycles. The molecule has 0 aromatic heterocycles. The molecule has 0 radical (unpaired) electrons. The summed E-state index contributed by atoms with van der Waals surface area (Å²) in [7, 11) is 0. The summed E-state index contributed by atoms with van der Waals surface area (Å²) in [4.78, 5) is 2.10. The monoisotopic (exact) mass is 283 g/mol. The number of nitrogens with zero attached hydrogens (tertiary/aromatic N) is 2. The number of para-hydroxylation sites is 2. The molecule has 2 aromatic carbocycles. The first-order valence-corrected chi connectivity index (χ1v) is 6.93. The van der Waals surface area contributed by atoms with E-state index in [2.05, 4.69) is 11.8 Å². The summed E-state index contributed by atoms with van der Waals surface area (Å²) >= 11 is 0. The molecule has 2 aromatic rings. The molecule has 0 aliphatic rings. The molecule has 0 amide bonds. The summed E-state index contributed by atoms with van der Waals surface area (Å²) in [5.41, 5.74) is 8.76. The van der Waals surface area contributed by atoms with Gasteiger partial charge in [-0.05, 0) is 42.3 Å². The molecule has 0 saturated carbocycles. The highest BCUT2D eigenvalue weighted by Gasteiger charge is 2.10. The summed E-state index contributed by atoms with van der Waals surface area (Å²) < 4.78 is 13.5. The van der Waals surface area contributed by atoms with Crippen molar-refractivity contribution in [3.63, 3.8) is 0 Å². The number of hydrogen-bond acceptors (Lipinski definition) is 3. The molecule has 3 nitrogen and oxygen atoms in total. The molecule has 108 valence electrons. The first kappa shape index (κ1) is 14.9. The minimum atomic E-state index is -0.387. The summed E-state index contributed by atoms with van der Waals surface area (Å²) in [6.45, 7) is 3.42. The van der Waals surface area contributed by atoms with Crippen LogP contribution in [-0.4, -0.2) is 6.54 Å². The van der Waals surface area contributed by atoms with Crippen molar-refractivity contribution in [3.05, 3.63) is 59.4 Å². The standard InChI is InChI=1S/C17H18FN3/c1-2-7-21(17-6-4-3-5-16(17)20)12-14-8-13(11-19)9-15(18)10-14/h3-6,8-10H,2,7,12,20H2,1H3. The Balaban J connectivity index is 2.31. The van der Waals surface area contributed by atoms with Gasteiger partial charge in [-0.3, -0.25) is 0 Å². The number of hydrogen-bond donors (Lipinski definition) is 1. The number of anilines is 2. The van der Waals surface area contributed by atoms with E-state index < -0.39 is 0 Å². The molecular weight excluding hydrogens is 265 g/mol. The number of nitriles is 1. The van der Waals surface area contributed by atoms with Gasteiger partial charge in [0.15, 0.2) is 0 Å². The van der Waals surface area contributed by atoms with Crippen LogP contribution in [0.25, 0.3) is 0 Å². The van der Waals surface area contributed by atoms with Gasteiger partial charge in [0.2, 0.25) is 0 Å². The second-order valence-electron chi connectivity index (χ2n) is 4.94. The van der Waals surface area contributed by atoms with Gasteiger partial charge >= 0.3 is 0 Å². The largest absolute Gasteiger partial charge is 0.397 e. The first-order chi connectivity index (χ1) is 10.1. The van der Waals surface area contributed by atoms with Crippen LogP contribution in [0.2, 0.25) is 0 Å². The summed E-state index contributed by atoms with van der Waals surface area (Å²) in [5, 5.41) is 8.93. The Morgan fingerprint density at radius 2 is 2.00 bits per heavy atom. The van der Waals surface area contributed by atoms with Crippen LogP contribution in [0.15, 0.2) is 42.5 Å². The molecule has 0 bridgehead atoms. The predicted octanol–water partition coefficient (Wildman–Crippen LogP) is 3.70. The van der Waals surface area contributed by atoms with Crippen LogP contribution in [-0.2, 0) is 6.54 Å². The van der Waals surface area contributed by atoms with Crippen LogP contribution in [0.5, 0.6) is 0 Å². The summed E-state index contributed by atoms with van der Waals surface area (Å²) in [6, 6.07) is 14.0. The number of benzene rings is 2. The molecule has 0 heterocycles. The third kappa shape index (κ3) is 3.73. The lowest BCUT2D eigenvalue weighted by Gasteiger charge is -2.26. The Kier molecular flexibility index (Phi) is 4.78. The molecule has 4 heteroatoms. The van der Waals surface area contributed by atoms with Gasteiger partial charge in [-0.15, -0.1) is 0 Å². The smallest absolute Gasteiger partial charge is 0.124 e. The Morgan fingerprint density at radius 1 is 1.24 bits per heavy atom. The third-order valence-electron chi connectivity index (χ3n) is 3.23. The molecule has 2 N–H and O–H groups in total. The van der Waals surface area contributed by atoms with Crippen molar-refractivity contribution >= 4 is 11.4 Å². The SMILES string of the molecule is CCCN(Cc1cc(F)cc(C#N)c1)c1ccccc1N. The average Bonchev–Trinajstić information content (AvgIpc) is 2.47. The molecular formula is C17H18FN3. The van der Waals surface area contributed by atoms with E-state index in [-0.39, 0.29) is 5.82 Å². The van der Waals surface area contributed by atoms with E-state index in [4.69, 9.17) is 11.0 Å². The predicted molar refractivity (Wildman–Crippen MR) is 83.3 cm³/mol. The van der Waals surface area contributed by atoms with Crippen molar-refractivity contribution in [2.24, 2.45) is 0 Å². The molecule has 0 aliphatic carbocycles. The quantitative estimate of drug-likeness (QED) is 0.851. The highest BCUT2D eigenvalue weighted by atomic mass is 19.1. The Hall–Kier alpha value is -2.54. The zero-order valence-corrected chi connectivity index (χ0v) is 12.0. The van der Waals surface area contributed by atoms with Gasteiger partial charge in [0, 0.05) is 13.1 Å². The van der Waals surface area contributed by atoms with Crippen LogP contribution in [0.1, 0.15) is 24.5 Å². The fraction of sp³-hybridized carbons (Fsp3) is 0.235. The van der Waals surface area contributed by atoms with Crippen LogP contribution < -0.4 is 10.6 Å². The van der Waals surface area contributed by atoms with Crippen LogP contribution in [0, 0.1) is 17.1 Å². The van der Waals surface area contributed by atoms with Crippen molar-refractivity contribution in [2.45, 2.75) is 19.9 Å². The van der Waals surface area contributed by atoms with Crippen LogP contribution in [0.3, 0.4) is 0 Å². The number of nitrogen functional groups attached to an aromatic ring is 1. The van der Waals surface area contributed by atoms with E-state index in [0.717, 1.165) is 24.2 Å². The maximum Gasteiger partial charge on any atom is 0.124 e. The fourth-order valence-corrected chi connectivity index (χ4v) is 2.36. The van der Waals surface area contributed by atoms with Gasteiger partial charge in [-0.25, -0.2) is 4.39 Å². The van der Waals surface area contributed by atoms with Gasteiger partial charge in [0.05, 0.1) is 23.0 Å². The zero-order chi connectivity index (χ0) is 15.2. The van der Waals surface area contributed by atoms with Crippen LogP contribution >= 0.6 is 0 Å². The fourth-order valence-electron chi connectivity index (χ4n) is 2.36. The lowest BCUT2D eigenvalue weighted by atomic mass is 10.1. The number of nitrogens with two attached hydrogens (primary N) is 1. The second-order valence-corrected chi connectivity index (χ2v) is 4.94. The van der Waals surface area contributed by atoms with E-state index in [9.17, 15) is 4.39 Å². The molecule has 0 fully saturated rings. The molecule has 0 spiro atoms. The first-order valence-electron chi connectivity index (χ1n) is 6.93. The van der Waals surface area contributed by atoms with Crippen LogP contribution in [0.4, 0.5) is 15.8 Å². The highest BCUT2D eigenvalue weighted by molar-refractivity contribution is 5.67. The molecule has 0 unspecified atom stereocenters. The Morgan fingerprint density at radius 3 is 2.67 bits per heavy atom. The van der Waals surface area contributed by atoms with E-state index in [1.54, 1.807) is 6.07 Å². The summed E-state index contributed by atoms with van der Waals surface area (Å²) in [6.07, 6.45) is 0.953. The molecule has 0 atom stereocenters. The summed E-state index contributed by atoms with van der Waals surface area (Å²) in [5.74, 6) is -0.387. The maximum atomic E-state index is 13.5. The lowest BCUT2D eigenvalue weighted by Crippen LogP contribution is -2.24. The number of halogens is 1. The van der Waals surface area contributed by atoms with Crippen molar-refractivity contribution in [1.29, 1.82) is 5.26 Å². The maximum absolute atomic E-state index is 13.5. The zero-order valence-electron chi connectivity index (χ0n) is 12.0. The average molecular weight is 283 g/mol. The van der Waals surface area contributed by atoms with Crippen molar-refractivity contribution in [2.75, 3.05) is 17.2 Å². The molecule has 0 aliphatic heterocycles. The second kappa shape index (κ2) is 6.76. The van der Waals surface area contributed by atoms with E-state index in [1.165, 1.54) is 12.1 Å². The van der Waals surface area contributed by atoms with Gasteiger partial charge in [-0.1, -0.05) is 19.1 Å². The topological polar surface area (TPSA) is 53.0 Å². The van der Waals surface area contributed by atoms with Crippen molar-refractivity contribution < 1.29 is 4.39 Å². The molecule has 21 heavy (non-hydrogen) atoms. The van der Waals surface area contributed by atoms with Gasteiger partial charge in [0.1, 0.15) is 5.82 Å². The van der Waals surface area contributed by atoms with E-state index in [0.29, 0.717) is 17.8 Å². The highest BCUT2D eigenvalue weighted by Crippen LogP contribution is 2.25. The minimum Gasteiger partial charge on any atom is -0.397 e. The lowest BCUT2D eigenvalue weighted by molar-refractivity contribution is 0.623. The number of rotatable bonds is 5. The Bertz CT molecular complexity index is 661. The minimum absolute atomic E-state index is 0.336. The van der Waals surface area contributed by atoms with Gasteiger partial charge in [-0.2, -0.15) is 5.26 Å². The van der Waals surface area contributed by atoms with Gasteiger partial charge in [0.25, 0.3) is 0 Å². The van der Waals surface area contributed by atoms with Gasteiger partial charge < -0.3 is 10.6 Å². The molecule has 2 rings (SSSR count). The normalized spacial score (nSPS) is 10.1. The third-order valence-corrected chi connectivity index (χ3v) is 3.23.